The highest BCUT2D eigenvalue weighted by Gasteiger charge is 2.45. The van der Waals surface area contributed by atoms with Gasteiger partial charge in [0.25, 0.3) is 0 Å². The molecule has 1 aliphatic rings. The molecule has 1 saturated carbocycles. The number of sulfone groups is 1. The minimum absolute atomic E-state index is 0.0459. The summed E-state index contributed by atoms with van der Waals surface area (Å²) < 4.78 is 44.6. The third-order valence-corrected chi connectivity index (χ3v) is 7.38. The van der Waals surface area contributed by atoms with Gasteiger partial charge in [0.15, 0.2) is 9.84 Å². The first-order valence-corrected chi connectivity index (χ1v) is 10.2. The second kappa shape index (κ2) is 7.82. The zero-order valence-electron chi connectivity index (χ0n) is 14.1. The first kappa shape index (κ1) is 19.6. The fraction of sp³-hybridized carbons (Fsp3) is 0.333. The fourth-order valence-corrected chi connectivity index (χ4v) is 5.74. The van der Waals surface area contributed by atoms with Crippen LogP contribution in [0.2, 0.25) is 5.02 Å². The van der Waals surface area contributed by atoms with E-state index in [9.17, 15) is 22.7 Å². The van der Waals surface area contributed by atoms with E-state index in [1.54, 1.807) is 24.5 Å². The molecule has 1 N–H and O–H groups in total. The van der Waals surface area contributed by atoms with Gasteiger partial charge in [-0.3, -0.25) is 9.78 Å². The summed E-state index contributed by atoms with van der Waals surface area (Å²) in [5.41, 5.74) is 0. The van der Waals surface area contributed by atoms with Crippen LogP contribution in [0, 0.1) is 17.7 Å². The topological polar surface area (TPSA) is 93.6 Å². The smallest absolute Gasteiger partial charge is 0.306 e. The van der Waals surface area contributed by atoms with Crippen molar-refractivity contribution in [3.63, 3.8) is 0 Å². The second-order valence-electron chi connectivity index (χ2n) is 6.41. The van der Waals surface area contributed by atoms with E-state index < -0.39 is 38.7 Å². The normalized spacial score (nSPS) is 22.5. The quantitative estimate of drug-likeness (QED) is 0.731. The van der Waals surface area contributed by atoms with E-state index in [2.05, 4.69) is 4.98 Å². The minimum Gasteiger partial charge on any atom is -0.493 e. The van der Waals surface area contributed by atoms with Gasteiger partial charge in [-0.1, -0.05) is 11.6 Å². The maximum atomic E-state index is 13.2. The highest BCUT2D eigenvalue weighted by Crippen LogP contribution is 2.40. The van der Waals surface area contributed by atoms with E-state index in [-0.39, 0.29) is 29.4 Å². The van der Waals surface area contributed by atoms with Gasteiger partial charge >= 0.3 is 5.97 Å². The van der Waals surface area contributed by atoms with Gasteiger partial charge in [0, 0.05) is 18.3 Å². The number of hydrogen-bond acceptors (Lipinski definition) is 5. The monoisotopic (exact) mass is 413 g/mol. The highest BCUT2D eigenvalue weighted by atomic mass is 35.5. The second-order valence-corrected chi connectivity index (χ2v) is 9.02. The molecule has 1 aliphatic carbocycles. The van der Waals surface area contributed by atoms with E-state index in [0.717, 1.165) is 18.2 Å². The predicted octanol–water partition coefficient (Wildman–Crippen LogP) is 3.21. The Balaban J connectivity index is 1.80. The summed E-state index contributed by atoms with van der Waals surface area (Å²) in [7, 11) is -3.90. The van der Waals surface area contributed by atoms with Crippen molar-refractivity contribution in [3.8, 4) is 5.75 Å². The van der Waals surface area contributed by atoms with Crippen LogP contribution < -0.4 is 4.74 Å². The van der Waals surface area contributed by atoms with Gasteiger partial charge in [-0.25, -0.2) is 12.8 Å². The number of ether oxygens (including phenoxy) is 1. The number of halogens is 2. The zero-order chi connectivity index (χ0) is 19.6. The summed E-state index contributed by atoms with van der Waals surface area (Å²) in [6.45, 7) is 0.0736. The van der Waals surface area contributed by atoms with Crippen molar-refractivity contribution in [3.05, 3.63) is 53.6 Å². The van der Waals surface area contributed by atoms with E-state index in [1.807, 2.05) is 0 Å². The van der Waals surface area contributed by atoms with Gasteiger partial charge in [0.1, 0.15) is 11.6 Å². The number of hydrogen-bond donors (Lipinski definition) is 1. The van der Waals surface area contributed by atoms with E-state index in [0.29, 0.717) is 5.75 Å². The van der Waals surface area contributed by atoms with Gasteiger partial charge in [0.05, 0.1) is 27.7 Å². The molecule has 144 valence electrons. The largest absolute Gasteiger partial charge is 0.493 e. The molecule has 0 unspecified atom stereocenters. The van der Waals surface area contributed by atoms with Crippen molar-refractivity contribution in [2.45, 2.75) is 23.0 Å². The van der Waals surface area contributed by atoms with Crippen LogP contribution in [-0.2, 0) is 14.6 Å². The van der Waals surface area contributed by atoms with Crippen molar-refractivity contribution in [2.75, 3.05) is 6.61 Å². The molecule has 6 nitrogen and oxygen atoms in total. The molecule has 0 bridgehead atoms. The summed E-state index contributed by atoms with van der Waals surface area (Å²) in [4.78, 5) is 15.3. The molecule has 27 heavy (non-hydrogen) atoms. The lowest BCUT2D eigenvalue weighted by Crippen LogP contribution is -2.23. The Labute approximate surface area is 160 Å². The number of pyridine rings is 1. The molecular formula is C18H17ClFNO5S. The molecule has 9 heteroatoms. The van der Waals surface area contributed by atoms with Crippen LogP contribution >= 0.6 is 11.6 Å². The third kappa shape index (κ3) is 4.22. The van der Waals surface area contributed by atoms with Crippen molar-refractivity contribution >= 4 is 27.4 Å². The first-order chi connectivity index (χ1) is 12.8. The van der Waals surface area contributed by atoms with Crippen LogP contribution in [0.5, 0.6) is 5.75 Å². The Morgan fingerprint density at radius 3 is 2.59 bits per heavy atom. The van der Waals surface area contributed by atoms with Crippen LogP contribution in [0.15, 0.2) is 47.6 Å². The lowest BCUT2D eigenvalue weighted by atomic mass is 9.97. The summed E-state index contributed by atoms with van der Waals surface area (Å²) in [5, 5.41) is 8.36. The van der Waals surface area contributed by atoms with Crippen LogP contribution in [0.4, 0.5) is 4.39 Å². The maximum absolute atomic E-state index is 13.2. The molecule has 0 saturated heterocycles. The standard InChI is InChI=1S/C18H17ClFNO5S/c19-16-8-12(20)1-2-17(16)27(24,25)14-7-11(15(9-14)18(22)23)10-26-13-3-5-21-6-4-13/h1-6,8,11,14-15H,7,9-10H2,(H,22,23)/t11-,14-,15+/m0/s1. The van der Waals surface area contributed by atoms with Crippen LogP contribution in [0.3, 0.4) is 0 Å². The minimum atomic E-state index is -3.90. The van der Waals surface area contributed by atoms with Crippen LogP contribution in [0.25, 0.3) is 0 Å². The molecule has 0 amide bonds. The van der Waals surface area contributed by atoms with Gasteiger partial charge < -0.3 is 9.84 Å². The van der Waals surface area contributed by atoms with E-state index >= 15 is 0 Å². The molecule has 3 atom stereocenters. The lowest BCUT2D eigenvalue weighted by Gasteiger charge is -2.16. The molecule has 3 rings (SSSR count). The van der Waals surface area contributed by atoms with Crippen molar-refractivity contribution in [2.24, 2.45) is 11.8 Å². The Hall–Kier alpha value is -2.19. The molecule has 1 fully saturated rings. The number of rotatable bonds is 6. The van der Waals surface area contributed by atoms with Crippen molar-refractivity contribution in [1.29, 1.82) is 0 Å². The molecule has 0 spiro atoms. The Bertz CT molecular complexity index is 938. The molecule has 0 aliphatic heterocycles. The van der Waals surface area contributed by atoms with Gasteiger partial charge in [0.2, 0.25) is 0 Å². The third-order valence-electron chi connectivity index (χ3n) is 4.72. The van der Waals surface area contributed by atoms with Crippen LogP contribution in [0.1, 0.15) is 12.8 Å². The van der Waals surface area contributed by atoms with Gasteiger partial charge in [-0.15, -0.1) is 0 Å². The predicted molar refractivity (Wildman–Crippen MR) is 96.0 cm³/mol. The molecule has 1 aromatic carbocycles. The van der Waals surface area contributed by atoms with Gasteiger partial charge in [-0.05, 0) is 43.2 Å². The number of nitrogens with zero attached hydrogens (tertiary/aromatic N) is 1. The number of carbonyl (C=O) groups is 1. The average molecular weight is 414 g/mol. The summed E-state index contributed by atoms with van der Waals surface area (Å²) in [6.07, 6.45) is 3.17. The first-order valence-electron chi connectivity index (χ1n) is 8.23. The fourth-order valence-electron chi connectivity index (χ4n) is 3.34. The molecule has 1 heterocycles. The molecule has 1 aromatic heterocycles. The highest BCUT2D eigenvalue weighted by molar-refractivity contribution is 7.92. The molecular weight excluding hydrogens is 397 g/mol. The zero-order valence-corrected chi connectivity index (χ0v) is 15.7. The molecule has 0 radical (unpaired) electrons. The number of carboxylic acids is 1. The lowest BCUT2D eigenvalue weighted by molar-refractivity contribution is -0.143. The summed E-state index contributed by atoms with van der Waals surface area (Å²) >= 11 is 5.90. The SMILES string of the molecule is O=C(O)[C@@H]1C[C@@H](S(=O)(=O)c2ccc(F)cc2Cl)C[C@H]1COc1ccncc1. The molecule has 2 aromatic rings. The average Bonchev–Trinajstić information content (AvgIpc) is 3.06. The number of carboxylic acid groups (broad SMARTS) is 1. The number of aliphatic carboxylic acids is 1. The Morgan fingerprint density at radius 2 is 1.96 bits per heavy atom. The summed E-state index contributed by atoms with van der Waals surface area (Å²) in [5.74, 6) is -2.51. The Kier molecular flexibility index (Phi) is 5.67. The number of benzene rings is 1. The maximum Gasteiger partial charge on any atom is 0.306 e. The Morgan fingerprint density at radius 1 is 1.26 bits per heavy atom. The number of aromatic nitrogens is 1. The summed E-state index contributed by atoms with van der Waals surface area (Å²) in [6, 6.07) is 6.34. The van der Waals surface area contributed by atoms with E-state index in [4.69, 9.17) is 16.3 Å². The van der Waals surface area contributed by atoms with Gasteiger partial charge in [-0.2, -0.15) is 0 Å². The van der Waals surface area contributed by atoms with Crippen molar-refractivity contribution in [1.82, 2.24) is 4.98 Å². The van der Waals surface area contributed by atoms with Crippen molar-refractivity contribution < 1.29 is 27.4 Å². The van der Waals surface area contributed by atoms with Crippen LogP contribution in [-0.4, -0.2) is 36.3 Å². The van der Waals surface area contributed by atoms with E-state index in [1.165, 1.54) is 0 Å².